The zero-order valence-corrected chi connectivity index (χ0v) is 22.2. The van der Waals surface area contributed by atoms with E-state index in [0.29, 0.717) is 16.5 Å². The van der Waals surface area contributed by atoms with Crippen LogP contribution in [0.5, 0.6) is 11.5 Å². The lowest BCUT2D eigenvalue weighted by molar-refractivity contribution is 0.198. The van der Waals surface area contributed by atoms with Gasteiger partial charge in [-0.2, -0.15) is 0 Å². The molecule has 3 aromatic carbocycles. The molecule has 0 spiro atoms. The van der Waals surface area contributed by atoms with Gasteiger partial charge in [-0.15, -0.1) is 11.8 Å². The number of halogens is 3. The highest BCUT2D eigenvalue weighted by Gasteiger charge is 2.25. The number of phenolic OH excluding ortho intramolecular Hbond substituents is 1. The summed E-state index contributed by atoms with van der Waals surface area (Å²) in [5.41, 5.74) is 5.16. The molecule has 7 heteroatoms. The molecule has 0 unspecified atom stereocenters. The van der Waals surface area contributed by atoms with E-state index in [1.54, 1.807) is 23.9 Å². The van der Waals surface area contributed by atoms with Gasteiger partial charge in [-0.05, 0) is 89.6 Å². The number of likely N-dealkylation sites (tertiary alicyclic amines) is 1. The van der Waals surface area contributed by atoms with Crippen LogP contribution in [0.3, 0.4) is 0 Å². The average molecular weight is 545 g/mol. The van der Waals surface area contributed by atoms with Gasteiger partial charge in [-0.3, -0.25) is 9.29 Å². The number of aromatic hydroxyl groups is 1. The monoisotopic (exact) mass is 543 g/mol. The minimum absolute atomic E-state index is 0.116. The normalized spacial score (nSPS) is 18.2. The topological polar surface area (TPSA) is 32.7 Å². The summed E-state index contributed by atoms with van der Waals surface area (Å²) < 4.78 is 18.8. The van der Waals surface area contributed by atoms with Gasteiger partial charge in [0.25, 0.3) is 0 Å². The Morgan fingerprint density at radius 3 is 2.64 bits per heavy atom. The van der Waals surface area contributed by atoms with E-state index in [-0.39, 0.29) is 18.5 Å². The van der Waals surface area contributed by atoms with Crippen molar-refractivity contribution < 1.29 is 14.2 Å². The van der Waals surface area contributed by atoms with Gasteiger partial charge in [0.15, 0.2) is 0 Å². The van der Waals surface area contributed by atoms with Crippen molar-refractivity contribution in [3.63, 3.8) is 0 Å². The molecule has 2 heterocycles. The number of thioether (sulfide) groups is 1. The van der Waals surface area contributed by atoms with E-state index >= 15 is 0 Å². The second kappa shape index (κ2) is 11.5. The predicted molar refractivity (Wildman–Crippen MR) is 148 cm³/mol. The number of hydrogen-bond donors (Lipinski definition) is 1. The molecule has 1 fully saturated rings. The number of benzene rings is 3. The Bertz CT molecular complexity index is 1260. The highest BCUT2D eigenvalue weighted by molar-refractivity contribution is 7.99. The standard InChI is InChI=1S/C29H28Cl2FNO2S/c30-20-4-8-24(27(31)16-20)25-11-15-36-28-9-5-21(34)17-26(28)29(25)19-2-6-22(7-3-19)35-23-10-14-33(18-23)13-1-12-32/h2-9,16-17,23,34H,1,10-15,18H2/t23-/m0/s1. The van der Waals surface area contributed by atoms with Crippen molar-refractivity contribution >= 4 is 46.1 Å². The van der Waals surface area contributed by atoms with Gasteiger partial charge in [-0.25, -0.2) is 0 Å². The molecule has 0 amide bonds. The maximum atomic E-state index is 12.5. The van der Waals surface area contributed by atoms with Gasteiger partial charge in [0, 0.05) is 40.3 Å². The number of nitrogens with zero attached hydrogens (tertiary/aromatic N) is 1. The van der Waals surface area contributed by atoms with E-state index in [9.17, 15) is 9.50 Å². The van der Waals surface area contributed by atoms with E-state index in [0.717, 1.165) is 76.7 Å². The first-order chi connectivity index (χ1) is 17.5. The third-order valence-corrected chi connectivity index (χ3v) is 8.31. The molecule has 1 saturated heterocycles. The van der Waals surface area contributed by atoms with Crippen LogP contribution in [0.4, 0.5) is 4.39 Å². The molecule has 2 aliphatic heterocycles. The van der Waals surface area contributed by atoms with Gasteiger partial charge in [-0.1, -0.05) is 41.4 Å². The quantitative estimate of drug-likeness (QED) is 0.327. The van der Waals surface area contributed by atoms with Crippen LogP contribution in [0, 0.1) is 0 Å². The molecule has 188 valence electrons. The van der Waals surface area contributed by atoms with Crippen LogP contribution in [-0.4, -0.2) is 48.2 Å². The Balaban J connectivity index is 1.49. The molecule has 36 heavy (non-hydrogen) atoms. The molecule has 3 aromatic rings. The van der Waals surface area contributed by atoms with Crippen molar-refractivity contribution in [3.05, 3.63) is 87.4 Å². The van der Waals surface area contributed by atoms with Crippen molar-refractivity contribution in [1.29, 1.82) is 0 Å². The lowest BCUT2D eigenvalue weighted by Gasteiger charge is -2.19. The minimum atomic E-state index is -0.276. The van der Waals surface area contributed by atoms with Crippen molar-refractivity contribution in [2.45, 2.75) is 30.3 Å². The summed E-state index contributed by atoms with van der Waals surface area (Å²) in [4.78, 5) is 3.39. The lowest BCUT2D eigenvalue weighted by atomic mass is 9.88. The lowest BCUT2D eigenvalue weighted by Crippen LogP contribution is -2.26. The summed E-state index contributed by atoms with van der Waals surface area (Å²) in [7, 11) is 0. The highest BCUT2D eigenvalue weighted by Crippen LogP contribution is 2.45. The number of rotatable bonds is 7. The van der Waals surface area contributed by atoms with E-state index in [4.69, 9.17) is 27.9 Å². The Labute approximate surface area is 225 Å². The van der Waals surface area contributed by atoms with Crippen LogP contribution >= 0.6 is 35.0 Å². The number of alkyl halides is 1. The molecule has 0 aromatic heterocycles. The fourth-order valence-corrected chi connectivity index (χ4v) is 6.52. The third-order valence-electron chi connectivity index (χ3n) is 6.68. The first-order valence-corrected chi connectivity index (χ1v) is 14.0. The summed E-state index contributed by atoms with van der Waals surface area (Å²) in [6.45, 7) is 2.28. The minimum Gasteiger partial charge on any atom is -0.508 e. The summed E-state index contributed by atoms with van der Waals surface area (Å²) in [6, 6.07) is 19.3. The molecule has 0 radical (unpaired) electrons. The summed E-state index contributed by atoms with van der Waals surface area (Å²) in [6.07, 6.45) is 2.46. The van der Waals surface area contributed by atoms with Crippen molar-refractivity contribution in [2.24, 2.45) is 0 Å². The van der Waals surface area contributed by atoms with Crippen LogP contribution < -0.4 is 4.74 Å². The Kier molecular flexibility index (Phi) is 8.12. The Morgan fingerprint density at radius 1 is 1.03 bits per heavy atom. The number of fused-ring (bicyclic) bond motifs is 1. The van der Waals surface area contributed by atoms with Gasteiger partial charge in [0.2, 0.25) is 0 Å². The molecule has 0 bridgehead atoms. The van der Waals surface area contributed by atoms with E-state index in [2.05, 4.69) is 17.0 Å². The predicted octanol–water partition coefficient (Wildman–Crippen LogP) is 7.97. The number of allylic oxidation sites excluding steroid dienone is 1. The molecule has 0 saturated carbocycles. The van der Waals surface area contributed by atoms with E-state index < -0.39 is 0 Å². The summed E-state index contributed by atoms with van der Waals surface area (Å²) in [5.74, 6) is 1.95. The molecule has 5 rings (SSSR count). The van der Waals surface area contributed by atoms with Crippen molar-refractivity contribution in [3.8, 4) is 11.5 Å². The Hall–Kier alpha value is -2.18. The molecule has 2 aliphatic rings. The van der Waals surface area contributed by atoms with Crippen molar-refractivity contribution in [1.82, 2.24) is 4.90 Å². The molecular formula is C29H28Cl2FNO2S. The van der Waals surface area contributed by atoms with Crippen LogP contribution in [0.25, 0.3) is 11.1 Å². The summed E-state index contributed by atoms with van der Waals surface area (Å²) >= 11 is 14.6. The second-order valence-corrected chi connectivity index (χ2v) is 11.1. The average Bonchev–Trinajstić information content (AvgIpc) is 3.23. The maximum absolute atomic E-state index is 12.5. The van der Waals surface area contributed by atoms with Crippen LogP contribution in [0.2, 0.25) is 10.0 Å². The zero-order valence-electron chi connectivity index (χ0n) is 19.9. The van der Waals surface area contributed by atoms with Gasteiger partial charge in [0.1, 0.15) is 17.6 Å². The molecular weight excluding hydrogens is 516 g/mol. The molecule has 1 N–H and O–H groups in total. The fraction of sp³-hybridized carbons (Fsp3) is 0.310. The highest BCUT2D eigenvalue weighted by atomic mass is 35.5. The number of ether oxygens (including phenoxy) is 1. The van der Waals surface area contributed by atoms with Gasteiger partial charge >= 0.3 is 0 Å². The third kappa shape index (κ3) is 5.70. The van der Waals surface area contributed by atoms with Gasteiger partial charge in [0.05, 0.1) is 6.67 Å². The molecule has 1 atom stereocenters. The van der Waals surface area contributed by atoms with Crippen LogP contribution in [0.15, 0.2) is 65.6 Å². The van der Waals surface area contributed by atoms with E-state index in [1.165, 1.54) is 0 Å². The zero-order chi connectivity index (χ0) is 25.1. The van der Waals surface area contributed by atoms with Crippen molar-refractivity contribution in [2.75, 3.05) is 32.1 Å². The van der Waals surface area contributed by atoms with Gasteiger partial charge < -0.3 is 9.84 Å². The number of phenols is 1. The Morgan fingerprint density at radius 2 is 1.86 bits per heavy atom. The van der Waals surface area contributed by atoms with Crippen LogP contribution in [0.1, 0.15) is 36.0 Å². The first-order valence-electron chi connectivity index (χ1n) is 12.2. The second-order valence-electron chi connectivity index (χ2n) is 9.15. The maximum Gasteiger partial charge on any atom is 0.119 e. The first kappa shape index (κ1) is 25.5. The molecule has 3 nitrogen and oxygen atoms in total. The fourth-order valence-electron chi connectivity index (χ4n) is 5.00. The molecule has 0 aliphatic carbocycles. The van der Waals surface area contributed by atoms with E-state index in [1.807, 2.05) is 36.4 Å². The largest absolute Gasteiger partial charge is 0.508 e. The van der Waals surface area contributed by atoms with Crippen LogP contribution in [-0.2, 0) is 0 Å². The smallest absolute Gasteiger partial charge is 0.119 e. The summed E-state index contributed by atoms with van der Waals surface area (Å²) in [5, 5.41) is 11.6. The SMILES string of the molecule is Oc1ccc2c(c1)C(c1ccc(O[C@H]3CCN(CCCF)C3)cc1)=C(c1ccc(Cl)cc1Cl)CCS2. The number of hydrogen-bond acceptors (Lipinski definition) is 4.